The molecule has 4 heterocycles. The number of aliphatic hydroxyl groups is 1. The minimum Gasteiger partial charge on any atom is -0.497 e. The van der Waals surface area contributed by atoms with Crippen molar-refractivity contribution in [2.24, 2.45) is 11.8 Å². The number of pyridine rings is 1. The average Bonchev–Trinajstić information content (AvgIpc) is 2.83. The fourth-order valence-electron chi connectivity index (χ4n) is 5.55. The molecule has 0 amide bonds. The van der Waals surface area contributed by atoms with Gasteiger partial charge in [0.05, 0.1) is 24.4 Å². The molecule has 4 nitrogen and oxygen atoms in total. The van der Waals surface area contributed by atoms with Crippen LogP contribution >= 0.6 is 36.4 Å². The van der Waals surface area contributed by atoms with E-state index in [9.17, 15) is 5.11 Å². The molecule has 0 radical (unpaired) electrons. The first-order valence-electron chi connectivity index (χ1n) is 11.2. The predicted octanol–water partition coefficient (Wildman–Crippen LogP) is 6.56. The minimum absolute atomic E-state index is 0. The standard InChI is InChI=1S/C26H29ClN2O2.2ClH/c1-3-16-15-29-11-10-18(16)12-25(29)26(30)22-14-24(17-4-6-19(27)7-5-17)28-23-9-8-20(31-2)13-21(22)23;;/h4-9,13-14,16,18,25-26,30H,3,10-12,15H2,1-2H3;2*1H/t16-,18-,25-,26+;;/m0../s1. The molecule has 5 atom stereocenters. The molecular formula is C26H31Cl3N2O2. The number of methoxy groups -OCH3 is 1. The Kier molecular flexibility index (Phi) is 8.52. The summed E-state index contributed by atoms with van der Waals surface area (Å²) in [4.78, 5) is 7.40. The minimum atomic E-state index is -0.565. The molecule has 33 heavy (non-hydrogen) atoms. The molecule has 3 saturated heterocycles. The van der Waals surface area contributed by atoms with Gasteiger partial charge in [-0.3, -0.25) is 4.90 Å². The van der Waals surface area contributed by atoms with Gasteiger partial charge in [-0.15, -0.1) is 24.8 Å². The van der Waals surface area contributed by atoms with Gasteiger partial charge in [0, 0.05) is 28.6 Å². The second kappa shape index (κ2) is 10.8. The number of hydrogen-bond donors (Lipinski definition) is 1. The van der Waals surface area contributed by atoms with Gasteiger partial charge in [-0.25, -0.2) is 4.98 Å². The molecule has 1 unspecified atom stereocenters. The highest BCUT2D eigenvalue weighted by Gasteiger charge is 2.42. The summed E-state index contributed by atoms with van der Waals surface area (Å²) in [5.41, 5.74) is 3.64. The van der Waals surface area contributed by atoms with E-state index in [2.05, 4.69) is 17.9 Å². The van der Waals surface area contributed by atoms with E-state index >= 15 is 0 Å². The van der Waals surface area contributed by atoms with E-state index in [0.717, 1.165) is 58.9 Å². The maximum Gasteiger partial charge on any atom is 0.119 e. The van der Waals surface area contributed by atoms with Crippen molar-refractivity contribution < 1.29 is 9.84 Å². The van der Waals surface area contributed by atoms with Gasteiger partial charge in [0.25, 0.3) is 0 Å². The third-order valence-corrected chi connectivity index (χ3v) is 7.58. The van der Waals surface area contributed by atoms with Gasteiger partial charge in [-0.05, 0) is 73.2 Å². The summed E-state index contributed by atoms with van der Waals surface area (Å²) in [7, 11) is 1.67. The maximum absolute atomic E-state index is 11.7. The van der Waals surface area contributed by atoms with Gasteiger partial charge in [0.2, 0.25) is 0 Å². The van der Waals surface area contributed by atoms with Crippen molar-refractivity contribution >= 4 is 47.3 Å². The molecule has 2 bridgehead atoms. The largest absolute Gasteiger partial charge is 0.497 e. The van der Waals surface area contributed by atoms with Crippen LogP contribution in [-0.2, 0) is 0 Å². The number of nitrogens with zero attached hydrogens (tertiary/aromatic N) is 2. The van der Waals surface area contributed by atoms with Crippen LogP contribution in [-0.4, -0.2) is 41.2 Å². The van der Waals surface area contributed by atoms with Gasteiger partial charge in [-0.1, -0.05) is 37.1 Å². The van der Waals surface area contributed by atoms with Crippen LogP contribution in [0.25, 0.3) is 22.2 Å². The van der Waals surface area contributed by atoms with E-state index < -0.39 is 6.10 Å². The molecule has 1 aromatic heterocycles. The van der Waals surface area contributed by atoms with Crippen molar-refractivity contribution in [1.82, 2.24) is 9.88 Å². The normalized spacial score (nSPS) is 24.6. The van der Waals surface area contributed by atoms with Crippen molar-refractivity contribution in [3.63, 3.8) is 0 Å². The second-order valence-corrected chi connectivity index (χ2v) is 9.38. The molecule has 7 heteroatoms. The maximum atomic E-state index is 11.7. The number of aliphatic hydroxyl groups excluding tert-OH is 1. The van der Waals surface area contributed by atoms with E-state index in [-0.39, 0.29) is 30.9 Å². The molecule has 1 N–H and O–H groups in total. The van der Waals surface area contributed by atoms with E-state index in [1.165, 1.54) is 12.8 Å². The van der Waals surface area contributed by atoms with Gasteiger partial charge >= 0.3 is 0 Å². The highest BCUT2D eigenvalue weighted by Crippen LogP contribution is 2.43. The second-order valence-electron chi connectivity index (χ2n) is 8.95. The highest BCUT2D eigenvalue weighted by molar-refractivity contribution is 6.30. The topological polar surface area (TPSA) is 45.6 Å². The Hall–Kier alpha value is -1.56. The van der Waals surface area contributed by atoms with Gasteiger partial charge in [0.1, 0.15) is 5.75 Å². The lowest BCUT2D eigenvalue weighted by atomic mass is 9.72. The first-order chi connectivity index (χ1) is 15.1. The zero-order valence-electron chi connectivity index (χ0n) is 18.9. The molecule has 0 saturated carbocycles. The smallest absolute Gasteiger partial charge is 0.119 e. The van der Waals surface area contributed by atoms with Crippen molar-refractivity contribution in [3.05, 3.63) is 59.1 Å². The van der Waals surface area contributed by atoms with Crippen molar-refractivity contribution in [2.75, 3.05) is 20.2 Å². The third kappa shape index (κ3) is 4.96. The first-order valence-corrected chi connectivity index (χ1v) is 11.6. The lowest BCUT2D eigenvalue weighted by Crippen LogP contribution is -2.55. The SMILES string of the molecule is CC[C@H]1CN2CC[C@H]1C[C@H]2[C@H](O)c1cc(-c2ccc(Cl)cc2)nc2ccc(OC)cc12.Cl.Cl. The molecule has 178 valence electrons. The van der Waals surface area contributed by atoms with E-state index in [1.54, 1.807) is 7.11 Å². The number of benzene rings is 2. The molecule has 6 rings (SSSR count). The summed E-state index contributed by atoms with van der Waals surface area (Å²) in [6, 6.07) is 15.8. The zero-order valence-corrected chi connectivity index (χ0v) is 21.3. The zero-order chi connectivity index (χ0) is 21.5. The Morgan fingerprint density at radius 1 is 1.15 bits per heavy atom. The molecular weight excluding hydrogens is 479 g/mol. The molecule has 0 spiro atoms. The average molecular weight is 510 g/mol. The molecule has 3 aliphatic rings. The molecule has 3 aliphatic heterocycles. The molecule has 3 aromatic rings. The fourth-order valence-corrected chi connectivity index (χ4v) is 5.68. The van der Waals surface area contributed by atoms with E-state index in [1.807, 2.05) is 42.5 Å². The number of piperidine rings is 3. The van der Waals surface area contributed by atoms with Crippen molar-refractivity contribution in [2.45, 2.75) is 38.3 Å². The highest BCUT2D eigenvalue weighted by atomic mass is 35.5. The van der Waals surface area contributed by atoms with Crippen molar-refractivity contribution in [1.29, 1.82) is 0 Å². The summed E-state index contributed by atoms with van der Waals surface area (Å²) < 4.78 is 5.47. The number of hydrogen-bond acceptors (Lipinski definition) is 4. The van der Waals surface area contributed by atoms with Gasteiger partial charge in [-0.2, -0.15) is 0 Å². The van der Waals surface area contributed by atoms with Crippen LogP contribution in [0.5, 0.6) is 5.75 Å². The summed E-state index contributed by atoms with van der Waals surface area (Å²) >= 11 is 6.09. The van der Waals surface area contributed by atoms with Crippen LogP contribution in [0.2, 0.25) is 5.02 Å². The Morgan fingerprint density at radius 2 is 1.91 bits per heavy atom. The lowest BCUT2D eigenvalue weighted by molar-refractivity contribution is -0.0562. The number of aromatic nitrogens is 1. The van der Waals surface area contributed by atoms with Crippen LogP contribution in [0.4, 0.5) is 0 Å². The summed E-state index contributed by atoms with van der Waals surface area (Å²) in [6.45, 7) is 4.47. The monoisotopic (exact) mass is 508 g/mol. The predicted molar refractivity (Wildman–Crippen MR) is 140 cm³/mol. The first kappa shape index (κ1) is 26.1. The van der Waals surface area contributed by atoms with Crippen LogP contribution in [0, 0.1) is 11.8 Å². The van der Waals surface area contributed by atoms with Gasteiger partial charge < -0.3 is 9.84 Å². The molecule has 2 aromatic carbocycles. The molecule has 0 aliphatic carbocycles. The Balaban J connectivity index is 0.00000153. The van der Waals surface area contributed by atoms with Crippen LogP contribution in [0.15, 0.2) is 48.5 Å². The summed E-state index contributed by atoms with van der Waals surface area (Å²) in [6.07, 6.45) is 2.97. The van der Waals surface area contributed by atoms with Crippen molar-refractivity contribution in [3.8, 4) is 17.0 Å². The van der Waals surface area contributed by atoms with E-state index in [4.69, 9.17) is 21.3 Å². The Bertz CT molecular complexity index is 1090. The number of halogens is 3. The quantitative estimate of drug-likeness (QED) is 0.423. The Morgan fingerprint density at radius 3 is 2.55 bits per heavy atom. The number of ether oxygens (including phenoxy) is 1. The van der Waals surface area contributed by atoms with E-state index in [0.29, 0.717) is 10.9 Å². The molecule has 3 fully saturated rings. The summed E-state index contributed by atoms with van der Waals surface area (Å²) in [5.74, 6) is 2.25. The lowest BCUT2D eigenvalue weighted by Gasteiger charge is -2.51. The Labute approximate surface area is 213 Å². The van der Waals surface area contributed by atoms with Crippen LogP contribution in [0.3, 0.4) is 0 Å². The number of rotatable bonds is 5. The van der Waals surface area contributed by atoms with Crippen LogP contribution < -0.4 is 4.74 Å². The fraction of sp³-hybridized carbons (Fsp3) is 0.423. The van der Waals surface area contributed by atoms with Crippen LogP contribution in [0.1, 0.15) is 37.9 Å². The van der Waals surface area contributed by atoms with Gasteiger partial charge in [0.15, 0.2) is 0 Å². The third-order valence-electron chi connectivity index (χ3n) is 7.33. The number of fused-ring (bicyclic) bond motifs is 4. The summed E-state index contributed by atoms with van der Waals surface area (Å²) in [5, 5.41) is 13.3.